The number of carboxylic acids is 1. The summed E-state index contributed by atoms with van der Waals surface area (Å²) in [7, 11) is 0. The molecule has 1 aromatic heterocycles. The third kappa shape index (κ3) is 4.69. The number of carboxylic acid groups (broad SMARTS) is 1. The maximum atomic E-state index is 12.1. The molecule has 3 unspecified atom stereocenters. The summed E-state index contributed by atoms with van der Waals surface area (Å²) in [6, 6.07) is -2.02. The van der Waals surface area contributed by atoms with E-state index >= 15 is 0 Å². The van der Waals surface area contributed by atoms with E-state index in [0.717, 1.165) is 0 Å². The second-order valence-electron chi connectivity index (χ2n) is 4.85. The molecule has 0 aromatic carbocycles. The first kappa shape index (κ1) is 16.9. The lowest BCUT2D eigenvalue weighted by Gasteiger charge is -2.28. The fourth-order valence-corrected chi connectivity index (χ4v) is 3.40. The predicted octanol–water partition coefficient (Wildman–Crippen LogP) is 1.41. The van der Waals surface area contributed by atoms with Gasteiger partial charge in [-0.25, -0.2) is 4.98 Å². The Morgan fingerprint density at radius 2 is 2.26 bits per heavy atom. The van der Waals surface area contributed by atoms with Crippen molar-refractivity contribution in [3.8, 4) is 0 Å². The molecule has 0 amide bonds. The van der Waals surface area contributed by atoms with Crippen molar-refractivity contribution >= 4 is 44.6 Å². The molecule has 1 heterocycles. The minimum Gasteiger partial charge on any atom is -0.598 e. The number of thiazole rings is 1. The van der Waals surface area contributed by atoms with Gasteiger partial charge in [0.25, 0.3) is 0 Å². The van der Waals surface area contributed by atoms with E-state index in [2.05, 4.69) is 25.6 Å². The van der Waals surface area contributed by atoms with Gasteiger partial charge < -0.3 is 15.4 Å². The molecule has 1 rings (SSSR count). The zero-order valence-electron chi connectivity index (χ0n) is 10.7. The number of hydrogen-bond donors (Lipinski definition) is 3. The van der Waals surface area contributed by atoms with Crippen LogP contribution in [0.3, 0.4) is 0 Å². The second kappa shape index (κ2) is 6.51. The van der Waals surface area contributed by atoms with Crippen molar-refractivity contribution < 1.29 is 14.5 Å². The molecule has 0 saturated carbocycles. The Labute approximate surface area is 127 Å². The average Bonchev–Trinajstić information content (AvgIpc) is 2.69. The summed E-state index contributed by atoms with van der Waals surface area (Å²) < 4.78 is 14.9. The molecule has 0 aliphatic rings. The molecule has 0 bridgehead atoms. The van der Waals surface area contributed by atoms with Gasteiger partial charge in [-0.1, -0.05) is 0 Å². The number of nitrogens with zero attached hydrogens (tertiary/aromatic N) is 1. The van der Waals surface area contributed by atoms with E-state index in [1.807, 2.05) is 0 Å². The lowest BCUT2D eigenvalue weighted by atomic mass is 10.1. The summed E-state index contributed by atoms with van der Waals surface area (Å²) in [5.74, 6) is -1.17. The number of hydrogen-bond acceptors (Lipinski definition) is 6. The number of nitrogens with two attached hydrogens (primary N) is 1. The topological polar surface area (TPSA) is 111 Å². The lowest BCUT2D eigenvalue weighted by molar-refractivity contribution is -0.139. The maximum absolute atomic E-state index is 12.1. The molecule has 6 nitrogen and oxygen atoms in total. The van der Waals surface area contributed by atoms with Crippen LogP contribution < -0.4 is 10.5 Å². The van der Waals surface area contributed by atoms with Crippen molar-refractivity contribution in [3.63, 3.8) is 0 Å². The largest absolute Gasteiger partial charge is 0.598 e. The van der Waals surface area contributed by atoms with Crippen molar-refractivity contribution in [2.75, 3.05) is 0 Å². The molecule has 9 heteroatoms. The Hall–Kier alpha value is -0.190. The average molecular weight is 370 g/mol. The molecular weight excluding hydrogens is 354 g/mol. The van der Waals surface area contributed by atoms with Crippen LogP contribution in [0.15, 0.2) is 9.98 Å². The number of halogens is 1. The van der Waals surface area contributed by atoms with E-state index in [0.29, 0.717) is 9.61 Å². The van der Waals surface area contributed by atoms with Crippen LogP contribution in [0.25, 0.3) is 0 Å². The fourth-order valence-electron chi connectivity index (χ4n) is 1.12. The number of nitrogens with one attached hydrogen (secondary N) is 1. The second-order valence-corrected chi connectivity index (χ2v) is 8.55. The van der Waals surface area contributed by atoms with E-state index in [9.17, 15) is 9.35 Å². The zero-order chi connectivity index (χ0) is 14.8. The fraction of sp³-hybridized carbons (Fsp3) is 0.600. The maximum Gasteiger partial charge on any atom is 0.322 e. The third-order valence-corrected chi connectivity index (χ3v) is 5.41. The minimum absolute atomic E-state index is 0.486. The predicted molar refractivity (Wildman–Crippen MR) is 79.2 cm³/mol. The van der Waals surface area contributed by atoms with Crippen LogP contribution in [0, 0.1) is 0 Å². The van der Waals surface area contributed by atoms with E-state index in [1.165, 1.54) is 11.3 Å². The van der Waals surface area contributed by atoms with Crippen LogP contribution in [0.4, 0.5) is 0 Å². The SMILES string of the molecule is CC(C)(C)[S+]([O-])NC(c1nc(Br)cs1)C(N)C(=O)O. The van der Waals surface area contributed by atoms with Crippen LogP contribution in [0.1, 0.15) is 31.8 Å². The molecule has 0 aliphatic carbocycles. The first-order valence-electron chi connectivity index (χ1n) is 5.40. The Morgan fingerprint density at radius 3 is 2.63 bits per heavy atom. The van der Waals surface area contributed by atoms with E-state index in [4.69, 9.17) is 10.8 Å². The van der Waals surface area contributed by atoms with Crippen molar-refractivity contribution in [3.05, 3.63) is 15.0 Å². The molecule has 108 valence electrons. The van der Waals surface area contributed by atoms with Crippen LogP contribution in [-0.2, 0) is 16.2 Å². The summed E-state index contributed by atoms with van der Waals surface area (Å²) in [6.45, 7) is 5.37. The molecule has 0 radical (unpaired) electrons. The van der Waals surface area contributed by atoms with Gasteiger partial charge in [-0.05, 0) is 36.7 Å². The molecule has 4 N–H and O–H groups in total. The standard InChI is InChI=1S/C10H16BrN3O3S2/c1-10(2,3)19(17)14-7(6(12)9(15)16)8-13-5(11)4-18-8/h4,6-7,14H,12H2,1-3H3,(H,15,16). The first-order valence-corrected chi connectivity index (χ1v) is 8.22. The number of aromatic nitrogens is 1. The van der Waals surface area contributed by atoms with Gasteiger partial charge in [0.2, 0.25) is 0 Å². The summed E-state index contributed by atoms with van der Waals surface area (Å²) in [6.07, 6.45) is 0. The van der Waals surface area contributed by atoms with Crippen molar-refractivity contribution in [1.29, 1.82) is 0 Å². The van der Waals surface area contributed by atoms with Crippen molar-refractivity contribution in [2.24, 2.45) is 5.73 Å². The molecule has 0 fully saturated rings. The molecule has 3 atom stereocenters. The van der Waals surface area contributed by atoms with Gasteiger partial charge in [-0.3, -0.25) is 4.79 Å². The van der Waals surface area contributed by atoms with Crippen molar-refractivity contribution in [1.82, 2.24) is 9.71 Å². The highest BCUT2D eigenvalue weighted by Crippen LogP contribution is 2.26. The smallest absolute Gasteiger partial charge is 0.322 e. The monoisotopic (exact) mass is 369 g/mol. The summed E-state index contributed by atoms with van der Waals surface area (Å²) in [5, 5.41) is 11.2. The lowest BCUT2D eigenvalue weighted by Crippen LogP contribution is -2.49. The van der Waals surface area contributed by atoms with Crippen LogP contribution in [0.5, 0.6) is 0 Å². The van der Waals surface area contributed by atoms with E-state index in [-0.39, 0.29) is 0 Å². The van der Waals surface area contributed by atoms with Gasteiger partial charge in [-0.15, -0.1) is 16.1 Å². The summed E-state index contributed by atoms with van der Waals surface area (Å²) >= 11 is 3.02. The van der Waals surface area contributed by atoms with Crippen LogP contribution in [0.2, 0.25) is 0 Å². The number of rotatable bonds is 5. The van der Waals surface area contributed by atoms with Gasteiger partial charge in [0, 0.05) is 16.7 Å². The Balaban J connectivity index is 2.97. The van der Waals surface area contributed by atoms with Gasteiger partial charge >= 0.3 is 5.97 Å². The highest BCUT2D eigenvalue weighted by Gasteiger charge is 2.36. The zero-order valence-corrected chi connectivity index (χ0v) is 13.9. The molecule has 0 aliphatic heterocycles. The molecule has 1 aromatic rings. The van der Waals surface area contributed by atoms with E-state index in [1.54, 1.807) is 26.2 Å². The van der Waals surface area contributed by atoms with Gasteiger partial charge in [-0.2, -0.15) is 0 Å². The number of carbonyl (C=O) groups is 1. The highest BCUT2D eigenvalue weighted by molar-refractivity contribution is 9.10. The molecule has 0 saturated heterocycles. The van der Waals surface area contributed by atoms with E-state index < -0.39 is 34.2 Å². The van der Waals surface area contributed by atoms with Gasteiger partial charge in [0.05, 0.1) is 0 Å². The van der Waals surface area contributed by atoms with Gasteiger partial charge in [0.1, 0.15) is 26.4 Å². The Kier molecular flexibility index (Phi) is 5.78. The minimum atomic E-state index is -1.44. The first-order chi connectivity index (χ1) is 8.62. The summed E-state index contributed by atoms with van der Waals surface area (Å²) in [4.78, 5) is 15.2. The quantitative estimate of drug-likeness (QED) is 0.676. The Morgan fingerprint density at radius 1 is 1.68 bits per heavy atom. The third-order valence-electron chi connectivity index (χ3n) is 2.19. The molecule has 0 spiro atoms. The van der Waals surface area contributed by atoms with Crippen molar-refractivity contribution in [2.45, 2.75) is 37.6 Å². The van der Waals surface area contributed by atoms with Crippen LogP contribution in [-0.4, -0.2) is 31.4 Å². The normalized spacial score (nSPS) is 16.9. The molecule has 19 heavy (non-hydrogen) atoms. The Bertz CT molecular complexity index is 449. The van der Waals surface area contributed by atoms with Crippen LogP contribution >= 0.6 is 27.3 Å². The number of aliphatic carboxylic acids is 1. The van der Waals surface area contributed by atoms with Gasteiger partial charge in [0.15, 0.2) is 0 Å². The molecular formula is C10H16BrN3O3S2. The highest BCUT2D eigenvalue weighted by atomic mass is 79.9. The summed E-state index contributed by atoms with van der Waals surface area (Å²) in [5.41, 5.74) is 5.65.